The fourth-order valence-corrected chi connectivity index (χ4v) is 5.86. The molecule has 0 radical (unpaired) electrons. The molecule has 0 spiro atoms. The molecular formula is C40H28N4. The molecule has 2 aliphatic rings. The smallest absolute Gasteiger partial charge is 0.0659 e. The van der Waals surface area contributed by atoms with Gasteiger partial charge in [-0.3, -0.25) is 0 Å². The largest absolute Gasteiger partial charge is 0.355 e. The number of aromatic nitrogens is 4. The standard InChI is InChI=1S/C20H14N4.C20H14/c1-2-14-10-16-5-6-18(23-16)12-20-8-7-19(24-20)11-17-4-3-15(22-17)9-13(1)21-14;1-3-11-17-15(7-1)9-5-13-19(17)20-14-6-10-16-8-2-4-12-18(16)20/h1-12,21-22H;1-14H. The van der Waals surface area contributed by atoms with Crippen molar-refractivity contribution in [2.45, 2.75) is 0 Å². The number of hydrogen-bond acceptors (Lipinski definition) is 2. The highest BCUT2D eigenvalue weighted by molar-refractivity contribution is 6.05. The predicted octanol–water partition coefficient (Wildman–Crippen LogP) is 10.3. The Hall–Kier alpha value is -6.00. The van der Waals surface area contributed by atoms with Crippen molar-refractivity contribution < 1.29 is 0 Å². The molecule has 208 valence electrons. The molecule has 7 aromatic rings. The van der Waals surface area contributed by atoms with Gasteiger partial charge in [0.15, 0.2) is 0 Å². The minimum atomic E-state index is 0.915. The molecule has 0 saturated carbocycles. The maximum absolute atomic E-state index is 4.62. The summed E-state index contributed by atoms with van der Waals surface area (Å²) in [4.78, 5) is 16.0. The van der Waals surface area contributed by atoms with E-state index in [-0.39, 0.29) is 0 Å². The van der Waals surface area contributed by atoms with Gasteiger partial charge in [0.05, 0.1) is 22.8 Å². The number of rotatable bonds is 1. The molecule has 9 rings (SSSR count). The zero-order valence-corrected chi connectivity index (χ0v) is 23.9. The van der Waals surface area contributed by atoms with E-state index in [9.17, 15) is 0 Å². The molecular weight excluding hydrogens is 536 g/mol. The molecule has 2 N–H and O–H groups in total. The number of hydrogen-bond donors (Lipinski definition) is 2. The second-order valence-corrected chi connectivity index (χ2v) is 11.0. The summed E-state index contributed by atoms with van der Waals surface area (Å²) in [6.07, 6.45) is 8.05. The average Bonchev–Trinajstić information content (AvgIpc) is 3.88. The summed E-state index contributed by atoms with van der Waals surface area (Å²) in [6, 6.07) is 46.6. The minimum Gasteiger partial charge on any atom is -0.355 e. The molecule has 0 unspecified atom stereocenters. The van der Waals surface area contributed by atoms with Crippen molar-refractivity contribution in [3.05, 3.63) is 156 Å². The van der Waals surface area contributed by atoms with E-state index in [0.29, 0.717) is 0 Å². The van der Waals surface area contributed by atoms with Gasteiger partial charge in [0.2, 0.25) is 0 Å². The lowest BCUT2D eigenvalue weighted by Gasteiger charge is -2.10. The highest BCUT2D eigenvalue weighted by Crippen LogP contribution is 2.33. The molecule has 4 heteroatoms. The van der Waals surface area contributed by atoms with Gasteiger partial charge in [-0.15, -0.1) is 0 Å². The first-order valence-corrected chi connectivity index (χ1v) is 14.7. The van der Waals surface area contributed by atoms with E-state index in [0.717, 1.165) is 44.8 Å². The van der Waals surface area contributed by atoms with Crippen molar-refractivity contribution in [1.29, 1.82) is 0 Å². The van der Waals surface area contributed by atoms with Crippen molar-refractivity contribution in [3.8, 4) is 11.1 Å². The summed E-state index contributed by atoms with van der Waals surface area (Å²) in [5.41, 5.74) is 10.5. The van der Waals surface area contributed by atoms with Gasteiger partial charge in [0, 0.05) is 22.1 Å². The molecule has 0 amide bonds. The van der Waals surface area contributed by atoms with Crippen molar-refractivity contribution >= 4 is 67.9 Å². The van der Waals surface area contributed by atoms with Gasteiger partial charge in [-0.05, 0) is 106 Å². The molecule has 0 atom stereocenters. The van der Waals surface area contributed by atoms with Crippen molar-refractivity contribution in [2.75, 3.05) is 0 Å². The molecule has 3 aromatic heterocycles. The highest BCUT2D eigenvalue weighted by Gasteiger charge is 2.07. The topological polar surface area (TPSA) is 57.4 Å². The normalized spacial score (nSPS) is 11.9. The molecule has 8 bridgehead atoms. The number of benzene rings is 4. The summed E-state index contributed by atoms with van der Waals surface area (Å²) < 4.78 is 0. The Morgan fingerprint density at radius 1 is 0.341 bits per heavy atom. The first-order chi connectivity index (χ1) is 21.7. The van der Waals surface area contributed by atoms with E-state index in [1.165, 1.54) is 32.7 Å². The van der Waals surface area contributed by atoms with Crippen LogP contribution in [-0.2, 0) is 0 Å². The summed E-state index contributed by atoms with van der Waals surface area (Å²) in [5.74, 6) is 0. The van der Waals surface area contributed by atoms with Crippen LogP contribution in [0.3, 0.4) is 0 Å². The lowest BCUT2D eigenvalue weighted by Crippen LogP contribution is -1.83. The van der Waals surface area contributed by atoms with Crippen LogP contribution in [0.4, 0.5) is 0 Å². The molecule has 2 aliphatic heterocycles. The average molecular weight is 565 g/mol. The van der Waals surface area contributed by atoms with Crippen molar-refractivity contribution in [1.82, 2.24) is 19.9 Å². The van der Waals surface area contributed by atoms with Crippen LogP contribution in [0.25, 0.3) is 79.0 Å². The summed E-state index contributed by atoms with van der Waals surface area (Å²) >= 11 is 0. The predicted molar refractivity (Wildman–Crippen MR) is 186 cm³/mol. The van der Waals surface area contributed by atoms with Crippen LogP contribution in [-0.4, -0.2) is 19.9 Å². The fourth-order valence-electron chi connectivity index (χ4n) is 5.86. The lowest BCUT2D eigenvalue weighted by molar-refractivity contribution is 1.28. The molecule has 44 heavy (non-hydrogen) atoms. The second-order valence-electron chi connectivity index (χ2n) is 11.0. The third-order valence-corrected chi connectivity index (χ3v) is 7.91. The first kappa shape index (κ1) is 25.7. The number of nitrogens with zero attached hydrogens (tertiary/aromatic N) is 2. The zero-order valence-electron chi connectivity index (χ0n) is 23.9. The van der Waals surface area contributed by atoms with Crippen molar-refractivity contribution in [3.63, 3.8) is 0 Å². The maximum atomic E-state index is 4.62. The Balaban J connectivity index is 0.000000134. The number of fused-ring (bicyclic) bond motifs is 10. The molecule has 0 fully saturated rings. The molecule has 0 aliphatic carbocycles. The number of aromatic amines is 2. The van der Waals surface area contributed by atoms with E-state index in [2.05, 4.69) is 135 Å². The quantitative estimate of drug-likeness (QED) is 0.208. The Morgan fingerprint density at radius 3 is 1.20 bits per heavy atom. The van der Waals surface area contributed by atoms with Crippen LogP contribution in [0.5, 0.6) is 0 Å². The zero-order chi connectivity index (χ0) is 29.3. The van der Waals surface area contributed by atoms with E-state index >= 15 is 0 Å². The molecule has 0 saturated heterocycles. The third-order valence-electron chi connectivity index (χ3n) is 7.91. The highest BCUT2D eigenvalue weighted by atomic mass is 14.8. The van der Waals surface area contributed by atoms with Crippen LogP contribution in [0, 0.1) is 0 Å². The Bertz CT molecular complexity index is 2230. The summed E-state index contributed by atoms with van der Waals surface area (Å²) in [7, 11) is 0. The van der Waals surface area contributed by atoms with Crippen LogP contribution in [0.15, 0.2) is 133 Å². The number of H-pyrrole nitrogens is 2. The molecule has 4 nitrogen and oxygen atoms in total. The summed E-state index contributed by atoms with van der Waals surface area (Å²) in [5, 5.41) is 5.20. The van der Waals surface area contributed by atoms with Crippen LogP contribution >= 0.6 is 0 Å². The van der Waals surface area contributed by atoms with E-state index in [4.69, 9.17) is 0 Å². The van der Waals surface area contributed by atoms with E-state index in [1.54, 1.807) is 0 Å². The third kappa shape index (κ3) is 5.21. The van der Waals surface area contributed by atoms with Gasteiger partial charge >= 0.3 is 0 Å². The Morgan fingerprint density at radius 2 is 0.727 bits per heavy atom. The van der Waals surface area contributed by atoms with Gasteiger partial charge in [-0.25, -0.2) is 9.97 Å². The van der Waals surface area contributed by atoms with Crippen LogP contribution in [0.1, 0.15) is 22.8 Å². The van der Waals surface area contributed by atoms with E-state index in [1.807, 2.05) is 42.5 Å². The van der Waals surface area contributed by atoms with Crippen LogP contribution in [0.2, 0.25) is 0 Å². The minimum absolute atomic E-state index is 0.915. The SMILES string of the molecule is C1=Cc2cc3ccc(cc4ccc(cc5nc(cc1n2)C=C5)[nH]4)[nH]3.c1ccc2c(-c3cccc4ccccc34)cccc2c1. The Kier molecular flexibility index (Phi) is 6.43. The van der Waals surface area contributed by atoms with Crippen molar-refractivity contribution in [2.24, 2.45) is 0 Å². The van der Waals surface area contributed by atoms with Gasteiger partial charge < -0.3 is 9.97 Å². The Labute approximate surface area is 254 Å². The maximum Gasteiger partial charge on any atom is 0.0659 e. The van der Waals surface area contributed by atoms with Gasteiger partial charge in [0.1, 0.15) is 0 Å². The number of nitrogens with one attached hydrogen (secondary N) is 2. The van der Waals surface area contributed by atoms with Gasteiger partial charge in [-0.2, -0.15) is 0 Å². The second kappa shape index (κ2) is 11.0. The van der Waals surface area contributed by atoms with Gasteiger partial charge in [0.25, 0.3) is 0 Å². The lowest BCUT2D eigenvalue weighted by atomic mass is 9.94. The van der Waals surface area contributed by atoms with Gasteiger partial charge in [-0.1, -0.05) is 84.9 Å². The summed E-state index contributed by atoms with van der Waals surface area (Å²) in [6.45, 7) is 0. The van der Waals surface area contributed by atoms with Crippen LogP contribution < -0.4 is 0 Å². The first-order valence-electron chi connectivity index (χ1n) is 14.7. The monoisotopic (exact) mass is 564 g/mol. The van der Waals surface area contributed by atoms with E-state index < -0.39 is 0 Å². The molecule has 4 aromatic carbocycles. The fraction of sp³-hybridized carbons (Fsp3) is 0. The molecule has 5 heterocycles.